The Morgan fingerprint density at radius 2 is 0.941 bits per heavy atom. The maximum atomic E-state index is 17.1. The normalized spacial score (nSPS) is 43.4. The monoisotopic (exact) mass is 1140 g/mol. The Morgan fingerprint density at radius 3 is 1.34 bits per heavy atom. The lowest BCUT2D eigenvalue weighted by atomic mass is 9.22. The Balaban J connectivity index is 0.882. The Kier molecular flexibility index (Phi) is 10.5. The highest BCUT2D eigenvalue weighted by atomic mass is 16.6. The molecule has 0 radical (unpaired) electrons. The third-order valence-electron chi connectivity index (χ3n) is 27.1. The van der Waals surface area contributed by atoms with Crippen molar-refractivity contribution >= 4 is 22.6 Å². The first-order chi connectivity index (χ1) is 41.6. The van der Waals surface area contributed by atoms with Gasteiger partial charge in [-0.3, -0.25) is 14.5 Å². The molecule has 5 aliphatic heterocycles. The van der Waals surface area contributed by atoms with Crippen LogP contribution >= 0.6 is 0 Å². The highest BCUT2D eigenvalue weighted by Gasteiger charge is 3.05. The average Bonchev–Trinajstić information content (AvgIpc) is 1.41. The van der Waals surface area contributed by atoms with Crippen molar-refractivity contribution in [1.29, 1.82) is 10.5 Å². The summed E-state index contributed by atoms with van der Waals surface area (Å²) in [5.74, 6) is 1.62. The van der Waals surface area contributed by atoms with Crippen LogP contribution < -0.4 is 9.47 Å². The number of carbonyl (C=O) groups excluding carboxylic acids is 2. The van der Waals surface area contributed by atoms with Crippen LogP contribution in [0.4, 0.5) is 0 Å². The Morgan fingerprint density at radius 1 is 0.541 bits per heavy atom. The number of nitrogens with zero attached hydrogens (tertiary/aromatic N) is 3. The summed E-state index contributed by atoms with van der Waals surface area (Å²) in [5, 5.41) is 23.0. The molecule has 2 amide bonds. The molecule has 13 aliphatic rings. The molecule has 12 fully saturated rings. The molecule has 0 unspecified atom stereocenters. The van der Waals surface area contributed by atoms with E-state index in [2.05, 4.69) is 84.9 Å². The van der Waals surface area contributed by atoms with E-state index in [0.717, 1.165) is 81.3 Å². The van der Waals surface area contributed by atoms with Crippen LogP contribution in [0.25, 0.3) is 33.0 Å². The number of carbonyl (C=O) groups is 2. The first-order valence-electron chi connectivity index (χ1n) is 31.2. The second-order valence-corrected chi connectivity index (χ2v) is 28.0. The van der Waals surface area contributed by atoms with Crippen molar-refractivity contribution in [2.24, 2.45) is 91.7 Å². The smallest absolute Gasteiger partial charge is 0.242 e. The van der Waals surface area contributed by atoms with Gasteiger partial charge in [0.15, 0.2) is 0 Å². The third-order valence-corrected chi connectivity index (χ3v) is 27.1. The summed E-state index contributed by atoms with van der Waals surface area (Å²) in [6.45, 7) is 2.00. The van der Waals surface area contributed by atoms with E-state index < -0.39 is 56.9 Å². The van der Waals surface area contributed by atoms with Crippen LogP contribution in [-0.2, 0) is 44.4 Å². The van der Waals surface area contributed by atoms with E-state index in [4.69, 9.17) is 37.9 Å². The molecule has 434 valence electrons. The summed E-state index contributed by atoms with van der Waals surface area (Å²) in [4.78, 5) is 35.9. The standard InChI is InChI=1S/C72H71N3O10/c1-78-32-67-42-28-43(52-41-23-22-40(51(42)52)48(41)39(30-73)31-74)68(67,33-79-2)58-57(67)61-71-63-59-60(64(85-63)72(71,62(58)84-61)66(77)75(65(71)76)27-26-36-16-10-7-11-17-36)70(35-81-4)45-29-44(69(59,70)34-80-3)53-49(37-18-12-8-13-19-37)55-46(82-5)24-25-47(83-6)56(55)50(54(45)53)38-20-14-9-15-21-38/h7-21,24-25,40-45,51-52,57-64H,22-23,26-29,32-35H2,1-6H3/t40-,41+,42-,43+,44-,45+,51+,52-,57+,58-,59-,60+,61+,62-,63-,64+,67-,68+,69-,70+,71-,72+. The van der Waals surface area contributed by atoms with Gasteiger partial charge in [-0.05, 0) is 136 Å². The second kappa shape index (κ2) is 17.2. The van der Waals surface area contributed by atoms with Gasteiger partial charge in [-0.25, -0.2) is 0 Å². The van der Waals surface area contributed by atoms with Crippen molar-refractivity contribution in [1.82, 2.24) is 4.90 Å². The highest BCUT2D eigenvalue weighted by molar-refractivity contribution is 6.15. The van der Waals surface area contributed by atoms with Gasteiger partial charge in [0.25, 0.3) is 0 Å². The summed E-state index contributed by atoms with van der Waals surface area (Å²) >= 11 is 0. The van der Waals surface area contributed by atoms with Crippen molar-refractivity contribution in [3.63, 3.8) is 0 Å². The van der Waals surface area contributed by atoms with Gasteiger partial charge >= 0.3 is 0 Å². The van der Waals surface area contributed by atoms with Gasteiger partial charge in [0, 0.05) is 91.1 Å². The van der Waals surface area contributed by atoms with Crippen LogP contribution in [0.3, 0.4) is 0 Å². The van der Waals surface area contributed by atoms with E-state index in [9.17, 15) is 10.5 Å². The number of hydrogen-bond acceptors (Lipinski definition) is 12. The minimum atomic E-state index is -1.34. The molecule has 18 rings (SSSR count). The zero-order chi connectivity index (χ0) is 57.6. The molecule has 8 aliphatic carbocycles. The number of methoxy groups -OCH3 is 6. The summed E-state index contributed by atoms with van der Waals surface area (Å²) in [6.07, 6.45) is 1.68. The first kappa shape index (κ1) is 51.8. The summed E-state index contributed by atoms with van der Waals surface area (Å²) in [7, 11) is 10.8. The van der Waals surface area contributed by atoms with E-state index >= 15 is 9.59 Å². The largest absolute Gasteiger partial charge is 0.496 e. The molecule has 5 heterocycles. The molecule has 13 nitrogen and oxygen atoms in total. The number of imide groups is 1. The lowest BCUT2D eigenvalue weighted by molar-refractivity contribution is -0.330. The molecule has 5 saturated heterocycles. The minimum Gasteiger partial charge on any atom is -0.496 e. The molecule has 0 N–H and O–H groups in total. The minimum absolute atomic E-state index is 0.0867. The Hall–Kier alpha value is -6.42. The quantitative estimate of drug-likeness (QED) is 0.0423. The maximum Gasteiger partial charge on any atom is 0.242 e. The lowest BCUT2D eigenvalue weighted by Crippen LogP contribution is -2.85. The van der Waals surface area contributed by atoms with Crippen molar-refractivity contribution < 1.29 is 47.5 Å². The molecule has 0 aromatic heterocycles. The molecule has 10 bridgehead atoms. The molecule has 22 atom stereocenters. The first-order valence-corrected chi connectivity index (χ1v) is 31.2. The Bertz CT molecular complexity index is 3660. The number of rotatable bonds is 15. The molecular formula is C72H71N3O10. The van der Waals surface area contributed by atoms with Crippen molar-refractivity contribution in [3.8, 4) is 45.9 Å². The number of benzene rings is 5. The van der Waals surface area contributed by atoms with E-state index in [-0.39, 0.29) is 89.4 Å². The summed E-state index contributed by atoms with van der Waals surface area (Å²) < 4.78 is 55.7. The number of ether oxygens (including phenoxy) is 8. The topological polar surface area (TPSA) is 159 Å². The second-order valence-electron chi connectivity index (χ2n) is 28.0. The number of nitriles is 2. The van der Waals surface area contributed by atoms with Gasteiger partial charge in [0.05, 0.1) is 65.1 Å². The fourth-order valence-corrected chi connectivity index (χ4v) is 26.2. The van der Waals surface area contributed by atoms with Crippen LogP contribution in [-0.4, -0.2) is 117 Å². The van der Waals surface area contributed by atoms with Crippen molar-refractivity contribution in [3.05, 3.63) is 131 Å². The van der Waals surface area contributed by atoms with Crippen LogP contribution in [0.15, 0.2) is 114 Å². The maximum absolute atomic E-state index is 17.1. The van der Waals surface area contributed by atoms with Crippen LogP contribution in [0.1, 0.15) is 54.2 Å². The molecule has 7 saturated carbocycles. The number of amides is 2. The van der Waals surface area contributed by atoms with Gasteiger partial charge in [0.1, 0.15) is 40.0 Å². The highest BCUT2D eigenvalue weighted by Crippen LogP contribution is 2.98. The fraction of sp³-hybridized carbons (Fsp3) is 0.528. The van der Waals surface area contributed by atoms with Gasteiger partial charge in [0.2, 0.25) is 11.8 Å². The molecule has 5 aromatic carbocycles. The van der Waals surface area contributed by atoms with Gasteiger partial charge < -0.3 is 37.9 Å². The number of hydrogen-bond donors (Lipinski definition) is 0. The zero-order valence-electron chi connectivity index (χ0n) is 49.0. The number of likely N-dealkylation sites (tertiary alicyclic amines) is 1. The Labute approximate surface area is 495 Å². The SMILES string of the molecule is COC[C@@]12[C@@H]3[C@@H]([C@@H]4O[C@H]3[C@]35C(=O)N(CCc6ccccc6)C(=O)[C@]43[C@@H]3O[C@H]5[C@@H]4[C@H]3[C@]3(COC)[C@H]5C[C@H]([C@H]6[C@@H]5[C@H]5CC[C@@H]6C5=C(C#N)C#N)[C@]43COC)[C@]1(COC)[C@H]1C[C@@H]2c2c1c(-c1ccccc1)c1c(OC)ccc(OC)c1c2-c1ccccc1. The molecule has 85 heavy (non-hydrogen) atoms. The fourth-order valence-electron chi connectivity index (χ4n) is 26.2. The van der Waals surface area contributed by atoms with Crippen LogP contribution in [0.2, 0.25) is 0 Å². The summed E-state index contributed by atoms with van der Waals surface area (Å²) in [5.41, 5.74) is 4.59. The zero-order valence-corrected chi connectivity index (χ0v) is 49.0. The average molecular weight is 1140 g/mol. The van der Waals surface area contributed by atoms with E-state index in [1.54, 1.807) is 19.1 Å². The molecule has 13 heteroatoms. The van der Waals surface area contributed by atoms with Crippen LogP contribution in [0.5, 0.6) is 11.5 Å². The number of allylic oxidation sites excluding steroid dienone is 2. The van der Waals surface area contributed by atoms with Crippen LogP contribution in [0, 0.1) is 114 Å². The molecular weight excluding hydrogens is 1070 g/mol. The molecule has 5 aromatic rings. The van der Waals surface area contributed by atoms with Gasteiger partial charge in [-0.1, -0.05) is 91.0 Å². The van der Waals surface area contributed by atoms with Gasteiger partial charge in [-0.2, -0.15) is 10.5 Å². The van der Waals surface area contributed by atoms with E-state index in [1.807, 2.05) is 58.8 Å². The number of fused-ring (bicyclic) bond motifs is 35. The van der Waals surface area contributed by atoms with E-state index in [0.29, 0.717) is 38.4 Å². The van der Waals surface area contributed by atoms with E-state index in [1.165, 1.54) is 11.1 Å². The predicted molar refractivity (Wildman–Crippen MR) is 311 cm³/mol. The van der Waals surface area contributed by atoms with Crippen molar-refractivity contribution in [2.45, 2.75) is 68.4 Å². The van der Waals surface area contributed by atoms with Crippen molar-refractivity contribution in [2.75, 3.05) is 75.6 Å². The summed E-state index contributed by atoms with van der Waals surface area (Å²) in [6, 6.07) is 40.5. The molecule has 0 spiro atoms. The lowest BCUT2D eigenvalue weighted by Gasteiger charge is -2.78. The predicted octanol–water partition coefficient (Wildman–Crippen LogP) is 10.2. The van der Waals surface area contributed by atoms with Gasteiger partial charge in [-0.15, -0.1) is 0 Å². The third kappa shape index (κ3) is 5.07.